The summed E-state index contributed by atoms with van der Waals surface area (Å²) in [5.74, 6) is 0.820. The molecule has 0 aliphatic carbocycles. The van der Waals surface area contributed by atoms with E-state index in [4.69, 9.17) is 4.52 Å². The van der Waals surface area contributed by atoms with E-state index >= 15 is 0 Å². The molecule has 1 heterocycles. The molecule has 6 heteroatoms. The number of amides is 2. The Kier molecular flexibility index (Phi) is 6.68. The van der Waals surface area contributed by atoms with Gasteiger partial charge in [0.15, 0.2) is 0 Å². The number of nitrogens with one attached hydrogen (secondary N) is 2. The largest absolute Gasteiger partial charge is 0.361 e. The zero-order valence-corrected chi connectivity index (χ0v) is 14.0. The number of carbonyl (C=O) groups excluding carboxylic acids is 1. The molecule has 2 amide bonds. The van der Waals surface area contributed by atoms with Gasteiger partial charge in [-0.15, -0.1) is 0 Å². The fourth-order valence-corrected chi connectivity index (χ4v) is 2.03. The summed E-state index contributed by atoms with van der Waals surface area (Å²) in [5, 5.41) is 9.74. The van der Waals surface area contributed by atoms with Gasteiger partial charge in [0.05, 0.1) is 5.69 Å². The van der Waals surface area contributed by atoms with E-state index in [1.807, 2.05) is 27.8 Å². The Bertz CT molecular complexity index is 437. The predicted molar refractivity (Wildman–Crippen MR) is 83.4 cm³/mol. The second-order valence-corrected chi connectivity index (χ2v) is 5.88. The molecule has 1 unspecified atom stereocenters. The van der Waals surface area contributed by atoms with Gasteiger partial charge in [0, 0.05) is 30.7 Å². The maximum atomic E-state index is 11.8. The van der Waals surface area contributed by atoms with Crippen molar-refractivity contribution in [3.63, 3.8) is 0 Å². The van der Waals surface area contributed by atoms with E-state index in [2.05, 4.69) is 34.5 Å². The second kappa shape index (κ2) is 8.02. The van der Waals surface area contributed by atoms with Gasteiger partial charge >= 0.3 is 6.03 Å². The van der Waals surface area contributed by atoms with Crippen molar-refractivity contribution >= 4 is 6.03 Å². The fourth-order valence-electron chi connectivity index (χ4n) is 2.03. The molecule has 0 saturated carbocycles. The lowest BCUT2D eigenvalue weighted by Crippen LogP contribution is -2.44. The third-order valence-corrected chi connectivity index (χ3v) is 3.70. The maximum Gasteiger partial charge on any atom is 0.315 e. The molecule has 21 heavy (non-hydrogen) atoms. The lowest BCUT2D eigenvalue weighted by molar-refractivity contribution is 0.231. The van der Waals surface area contributed by atoms with E-state index in [9.17, 15) is 4.79 Å². The number of aryl methyl sites for hydroxylation is 2. The van der Waals surface area contributed by atoms with Crippen molar-refractivity contribution < 1.29 is 9.32 Å². The molecule has 0 aromatic carbocycles. The molecule has 0 aliphatic rings. The summed E-state index contributed by atoms with van der Waals surface area (Å²) in [6.07, 6.45) is 0.723. The molecular weight excluding hydrogens is 268 g/mol. The zero-order chi connectivity index (χ0) is 16.0. The number of urea groups is 1. The van der Waals surface area contributed by atoms with E-state index in [0.717, 1.165) is 30.0 Å². The van der Waals surface area contributed by atoms with Gasteiger partial charge in [-0.3, -0.25) is 0 Å². The normalized spacial score (nSPS) is 12.8. The summed E-state index contributed by atoms with van der Waals surface area (Å²) in [6, 6.07) is 0.379. The van der Waals surface area contributed by atoms with Crippen LogP contribution in [-0.2, 0) is 6.42 Å². The molecule has 6 nitrogen and oxygen atoms in total. The van der Waals surface area contributed by atoms with E-state index in [1.54, 1.807) is 0 Å². The summed E-state index contributed by atoms with van der Waals surface area (Å²) in [6.45, 7) is 11.5. The Morgan fingerprint density at radius 3 is 2.52 bits per heavy atom. The Morgan fingerprint density at radius 2 is 2.00 bits per heavy atom. The van der Waals surface area contributed by atoms with Crippen LogP contribution in [0.5, 0.6) is 0 Å². The van der Waals surface area contributed by atoms with Crippen molar-refractivity contribution in [3.05, 3.63) is 17.0 Å². The van der Waals surface area contributed by atoms with Gasteiger partial charge in [0.1, 0.15) is 5.76 Å². The fraction of sp³-hybridized carbons (Fsp3) is 0.733. The predicted octanol–water partition coefficient (Wildman–Crippen LogP) is 1.86. The second-order valence-electron chi connectivity index (χ2n) is 5.88. The molecule has 0 fully saturated rings. The molecule has 0 aliphatic heterocycles. The molecule has 0 bridgehead atoms. The Labute approximate surface area is 127 Å². The molecular formula is C15H28N4O2. The van der Waals surface area contributed by atoms with Crippen LogP contribution in [-0.4, -0.2) is 48.3 Å². The molecule has 0 saturated heterocycles. The van der Waals surface area contributed by atoms with Crippen LogP contribution < -0.4 is 10.6 Å². The molecule has 120 valence electrons. The van der Waals surface area contributed by atoms with Gasteiger partial charge in [-0.05, 0) is 48.1 Å². The van der Waals surface area contributed by atoms with Gasteiger partial charge in [0.2, 0.25) is 0 Å². The van der Waals surface area contributed by atoms with Crippen molar-refractivity contribution in [3.8, 4) is 0 Å². The van der Waals surface area contributed by atoms with Crippen LogP contribution >= 0.6 is 0 Å². The van der Waals surface area contributed by atoms with Gasteiger partial charge in [-0.1, -0.05) is 5.16 Å². The molecule has 1 atom stereocenters. The number of hydrogen-bond donors (Lipinski definition) is 2. The highest BCUT2D eigenvalue weighted by atomic mass is 16.5. The summed E-state index contributed by atoms with van der Waals surface area (Å²) in [4.78, 5) is 14.0. The highest BCUT2D eigenvalue weighted by Gasteiger charge is 2.14. The first kappa shape index (κ1) is 17.5. The molecule has 1 aromatic heterocycles. The summed E-state index contributed by atoms with van der Waals surface area (Å²) in [7, 11) is 2.05. The van der Waals surface area contributed by atoms with Crippen LogP contribution in [0, 0.1) is 13.8 Å². The minimum absolute atomic E-state index is 0.0321. The van der Waals surface area contributed by atoms with Crippen LogP contribution in [0.25, 0.3) is 0 Å². The zero-order valence-electron chi connectivity index (χ0n) is 14.0. The number of likely N-dealkylation sites (N-methyl/N-ethyl adjacent to an activating group) is 1. The lowest BCUT2D eigenvalue weighted by atomic mass is 10.1. The van der Waals surface area contributed by atoms with Gasteiger partial charge in [-0.25, -0.2) is 4.79 Å². The monoisotopic (exact) mass is 296 g/mol. The van der Waals surface area contributed by atoms with Crippen LogP contribution in [0.2, 0.25) is 0 Å². The van der Waals surface area contributed by atoms with Crippen molar-refractivity contribution in [2.75, 3.05) is 20.1 Å². The van der Waals surface area contributed by atoms with Crippen LogP contribution in [0.15, 0.2) is 4.52 Å². The minimum atomic E-state index is -0.133. The van der Waals surface area contributed by atoms with Gasteiger partial charge < -0.3 is 20.1 Å². The van der Waals surface area contributed by atoms with Gasteiger partial charge in [-0.2, -0.15) is 0 Å². The highest BCUT2D eigenvalue weighted by Crippen LogP contribution is 2.14. The molecule has 0 spiro atoms. The number of nitrogens with zero attached hydrogens (tertiary/aromatic N) is 2. The van der Waals surface area contributed by atoms with Crippen LogP contribution in [0.1, 0.15) is 37.8 Å². The van der Waals surface area contributed by atoms with E-state index in [-0.39, 0.29) is 12.1 Å². The Balaban J connectivity index is 2.31. The Hall–Kier alpha value is -1.56. The van der Waals surface area contributed by atoms with Gasteiger partial charge in [0.25, 0.3) is 0 Å². The summed E-state index contributed by atoms with van der Waals surface area (Å²) < 4.78 is 5.13. The average molecular weight is 296 g/mol. The maximum absolute atomic E-state index is 11.8. The third kappa shape index (κ3) is 5.75. The van der Waals surface area contributed by atoms with E-state index in [1.165, 1.54) is 0 Å². The molecule has 1 rings (SSSR count). The quantitative estimate of drug-likeness (QED) is 0.806. The number of rotatable bonds is 7. The van der Waals surface area contributed by atoms with Crippen molar-refractivity contribution in [2.45, 2.75) is 53.1 Å². The first-order valence-corrected chi connectivity index (χ1v) is 7.47. The summed E-state index contributed by atoms with van der Waals surface area (Å²) >= 11 is 0. The smallest absolute Gasteiger partial charge is 0.315 e. The average Bonchev–Trinajstić information content (AvgIpc) is 2.70. The topological polar surface area (TPSA) is 70.4 Å². The summed E-state index contributed by atoms with van der Waals surface area (Å²) in [5.41, 5.74) is 1.96. The van der Waals surface area contributed by atoms with Crippen molar-refractivity contribution in [1.29, 1.82) is 0 Å². The highest BCUT2D eigenvalue weighted by molar-refractivity contribution is 5.74. The van der Waals surface area contributed by atoms with Crippen LogP contribution in [0.3, 0.4) is 0 Å². The van der Waals surface area contributed by atoms with Crippen molar-refractivity contribution in [1.82, 2.24) is 20.7 Å². The standard InChI is InChI=1S/C15H28N4O2/c1-10(2)19(6)8-7-16-15(20)17-11(3)9-14-12(4)18-21-13(14)5/h10-11H,7-9H2,1-6H3,(H2,16,17,20). The number of hydrogen-bond acceptors (Lipinski definition) is 4. The van der Waals surface area contributed by atoms with Crippen molar-refractivity contribution in [2.24, 2.45) is 0 Å². The SMILES string of the molecule is Cc1noc(C)c1CC(C)NC(=O)NCCN(C)C(C)C. The first-order valence-electron chi connectivity index (χ1n) is 7.47. The van der Waals surface area contributed by atoms with E-state index in [0.29, 0.717) is 12.6 Å². The first-order chi connectivity index (χ1) is 9.81. The lowest BCUT2D eigenvalue weighted by Gasteiger charge is -2.21. The molecule has 2 N–H and O–H groups in total. The minimum Gasteiger partial charge on any atom is -0.361 e. The number of carbonyl (C=O) groups is 1. The third-order valence-electron chi connectivity index (χ3n) is 3.70. The molecule has 0 radical (unpaired) electrons. The number of aromatic nitrogens is 1. The van der Waals surface area contributed by atoms with E-state index < -0.39 is 0 Å². The molecule has 1 aromatic rings. The Morgan fingerprint density at radius 1 is 1.33 bits per heavy atom. The van der Waals surface area contributed by atoms with Crippen LogP contribution in [0.4, 0.5) is 4.79 Å².